The lowest BCUT2D eigenvalue weighted by atomic mass is 10.1. The van der Waals surface area contributed by atoms with Gasteiger partial charge in [0, 0.05) is 28.8 Å². The Morgan fingerprint density at radius 2 is 1.33 bits per heavy atom. The molecule has 4 rings (SSSR count). The molecule has 0 aliphatic carbocycles. The summed E-state index contributed by atoms with van der Waals surface area (Å²) < 4.78 is 10.5. The topological polar surface area (TPSA) is 74.6 Å². The molecule has 6 nitrogen and oxygen atoms in total. The van der Waals surface area contributed by atoms with Crippen molar-refractivity contribution in [1.29, 1.82) is 5.26 Å². The molecule has 0 spiro atoms. The Balaban J connectivity index is 1.57. The van der Waals surface area contributed by atoms with Gasteiger partial charge in [-0.2, -0.15) is 5.26 Å². The molecule has 0 bridgehead atoms. The molecule has 0 radical (unpaired) electrons. The van der Waals surface area contributed by atoms with Crippen LogP contribution >= 0.6 is 0 Å². The van der Waals surface area contributed by atoms with E-state index in [1.54, 1.807) is 24.3 Å². The summed E-state index contributed by atoms with van der Waals surface area (Å²) in [7, 11) is 3.06. The summed E-state index contributed by atoms with van der Waals surface area (Å²) in [5.41, 5.74) is 4.23. The maximum absolute atomic E-state index is 12.8. The predicted molar refractivity (Wildman–Crippen MR) is 143 cm³/mol. The van der Waals surface area contributed by atoms with Crippen LogP contribution < -0.4 is 19.7 Å². The highest BCUT2D eigenvalue weighted by molar-refractivity contribution is 6.09. The van der Waals surface area contributed by atoms with Gasteiger partial charge in [-0.05, 0) is 60.2 Å². The van der Waals surface area contributed by atoms with Gasteiger partial charge >= 0.3 is 0 Å². The number of nitrogens with one attached hydrogen (secondary N) is 1. The van der Waals surface area contributed by atoms with Crippen LogP contribution in [-0.2, 0) is 4.79 Å². The van der Waals surface area contributed by atoms with Crippen LogP contribution in [-0.4, -0.2) is 20.1 Å². The molecule has 4 aromatic carbocycles. The van der Waals surface area contributed by atoms with Crippen LogP contribution in [0.5, 0.6) is 11.5 Å². The van der Waals surface area contributed by atoms with Gasteiger partial charge < -0.3 is 19.7 Å². The average molecular weight is 476 g/mol. The lowest BCUT2D eigenvalue weighted by Gasteiger charge is -2.25. The largest absolute Gasteiger partial charge is 0.493 e. The van der Waals surface area contributed by atoms with Crippen molar-refractivity contribution in [2.24, 2.45) is 0 Å². The Morgan fingerprint density at radius 3 is 1.86 bits per heavy atom. The first-order chi connectivity index (χ1) is 17.6. The summed E-state index contributed by atoms with van der Waals surface area (Å²) in [5.74, 6) is 0.519. The SMILES string of the molecule is COc1ccc(NC(=O)/C(C#N)=C/c2ccc(N(c3ccccc3)c3ccccc3)cc2)cc1OC. The van der Waals surface area contributed by atoms with Crippen molar-refractivity contribution in [2.45, 2.75) is 0 Å². The molecule has 0 saturated carbocycles. The van der Waals surface area contributed by atoms with Gasteiger partial charge in [0.15, 0.2) is 11.5 Å². The number of hydrogen-bond donors (Lipinski definition) is 1. The van der Waals surface area contributed by atoms with Crippen LogP contribution in [0.2, 0.25) is 0 Å². The fourth-order valence-corrected chi connectivity index (χ4v) is 3.75. The molecule has 0 saturated heterocycles. The van der Waals surface area contributed by atoms with E-state index >= 15 is 0 Å². The Bertz CT molecular complexity index is 1350. The highest BCUT2D eigenvalue weighted by Gasteiger charge is 2.14. The molecule has 4 aromatic rings. The van der Waals surface area contributed by atoms with Crippen LogP contribution in [0.15, 0.2) is 109 Å². The van der Waals surface area contributed by atoms with Crippen molar-refractivity contribution in [3.05, 3.63) is 114 Å². The van der Waals surface area contributed by atoms with Gasteiger partial charge in [-0.1, -0.05) is 48.5 Å². The number of benzene rings is 4. The zero-order valence-electron chi connectivity index (χ0n) is 20.0. The first-order valence-corrected chi connectivity index (χ1v) is 11.3. The number of amides is 1. The maximum atomic E-state index is 12.8. The number of carbonyl (C=O) groups is 1. The summed E-state index contributed by atoms with van der Waals surface area (Å²) in [6.07, 6.45) is 1.56. The number of hydrogen-bond acceptors (Lipinski definition) is 5. The van der Waals surface area contributed by atoms with Gasteiger partial charge in [-0.3, -0.25) is 4.79 Å². The first kappa shape index (κ1) is 24.1. The Hall–Kier alpha value is -5.02. The number of rotatable bonds is 8. The van der Waals surface area contributed by atoms with E-state index in [9.17, 15) is 10.1 Å². The lowest BCUT2D eigenvalue weighted by Crippen LogP contribution is -2.13. The average Bonchev–Trinajstić information content (AvgIpc) is 2.93. The molecule has 36 heavy (non-hydrogen) atoms. The molecule has 0 aromatic heterocycles. The van der Waals surface area contributed by atoms with E-state index in [0.29, 0.717) is 17.2 Å². The second-order valence-corrected chi connectivity index (χ2v) is 7.79. The van der Waals surface area contributed by atoms with E-state index in [1.807, 2.05) is 91.0 Å². The van der Waals surface area contributed by atoms with Crippen molar-refractivity contribution < 1.29 is 14.3 Å². The Labute approximate surface area is 210 Å². The standard InChI is InChI=1S/C30H25N3O3/c1-35-28-18-15-24(20-29(28)36-2)32-30(34)23(21-31)19-22-13-16-27(17-14-22)33(25-9-5-3-6-10-25)26-11-7-4-8-12-26/h3-20H,1-2H3,(H,32,34)/b23-19+. The molecule has 0 aliphatic heterocycles. The summed E-state index contributed by atoms with van der Waals surface area (Å²) in [6, 6.07) is 34.9. The maximum Gasteiger partial charge on any atom is 0.266 e. The van der Waals surface area contributed by atoms with E-state index < -0.39 is 5.91 Å². The van der Waals surface area contributed by atoms with E-state index in [-0.39, 0.29) is 5.57 Å². The Morgan fingerprint density at radius 1 is 0.778 bits per heavy atom. The van der Waals surface area contributed by atoms with Gasteiger partial charge in [0.1, 0.15) is 11.6 Å². The third kappa shape index (κ3) is 5.54. The van der Waals surface area contributed by atoms with E-state index in [0.717, 1.165) is 22.6 Å². The molecule has 1 amide bonds. The molecule has 0 aliphatic rings. The van der Waals surface area contributed by atoms with Gasteiger partial charge in [0.05, 0.1) is 14.2 Å². The second kappa shape index (κ2) is 11.4. The summed E-state index contributed by atoms with van der Waals surface area (Å²) in [6.45, 7) is 0. The van der Waals surface area contributed by atoms with Crippen molar-refractivity contribution in [1.82, 2.24) is 0 Å². The molecular weight excluding hydrogens is 450 g/mol. The minimum Gasteiger partial charge on any atom is -0.493 e. The van der Waals surface area contributed by atoms with Crippen molar-refractivity contribution in [2.75, 3.05) is 24.4 Å². The molecule has 178 valence electrons. The van der Waals surface area contributed by atoms with Crippen LogP contribution in [0.4, 0.5) is 22.7 Å². The molecule has 1 N–H and O–H groups in total. The fourth-order valence-electron chi connectivity index (χ4n) is 3.75. The quantitative estimate of drug-likeness (QED) is 0.226. The van der Waals surface area contributed by atoms with Crippen molar-refractivity contribution >= 4 is 34.7 Å². The van der Waals surface area contributed by atoms with Crippen LogP contribution in [0.3, 0.4) is 0 Å². The van der Waals surface area contributed by atoms with Crippen LogP contribution in [0.1, 0.15) is 5.56 Å². The zero-order valence-corrected chi connectivity index (χ0v) is 20.0. The van der Waals surface area contributed by atoms with E-state index in [1.165, 1.54) is 14.2 Å². The van der Waals surface area contributed by atoms with E-state index in [2.05, 4.69) is 10.2 Å². The Kier molecular flexibility index (Phi) is 7.64. The monoisotopic (exact) mass is 475 g/mol. The highest BCUT2D eigenvalue weighted by atomic mass is 16.5. The van der Waals surface area contributed by atoms with Crippen molar-refractivity contribution in [3.63, 3.8) is 0 Å². The number of nitrogens with zero attached hydrogens (tertiary/aromatic N) is 2. The number of anilines is 4. The lowest BCUT2D eigenvalue weighted by molar-refractivity contribution is -0.112. The molecule has 0 unspecified atom stereocenters. The smallest absolute Gasteiger partial charge is 0.266 e. The van der Waals surface area contributed by atoms with Gasteiger partial charge in [0.2, 0.25) is 0 Å². The third-order valence-corrected chi connectivity index (χ3v) is 5.50. The van der Waals surface area contributed by atoms with E-state index in [4.69, 9.17) is 9.47 Å². The van der Waals surface area contributed by atoms with Gasteiger partial charge in [0.25, 0.3) is 5.91 Å². The highest BCUT2D eigenvalue weighted by Crippen LogP contribution is 2.34. The van der Waals surface area contributed by atoms with Gasteiger partial charge in [-0.25, -0.2) is 0 Å². The molecular formula is C30H25N3O3. The number of carbonyl (C=O) groups excluding carboxylic acids is 1. The number of nitriles is 1. The minimum atomic E-state index is -0.510. The summed E-state index contributed by atoms with van der Waals surface area (Å²) in [5, 5.41) is 12.4. The first-order valence-electron chi connectivity index (χ1n) is 11.3. The summed E-state index contributed by atoms with van der Waals surface area (Å²) in [4.78, 5) is 14.9. The predicted octanol–water partition coefficient (Wildman–Crippen LogP) is 6.72. The molecule has 0 atom stereocenters. The molecule has 0 heterocycles. The van der Waals surface area contributed by atoms with Crippen molar-refractivity contribution in [3.8, 4) is 17.6 Å². The zero-order chi connectivity index (χ0) is 25.3. The molecule has 0 fully saturated rings. The number of ether oxygens (including phenoxy) is 2. The van der Waals surface area contributed by atoms with Crippen LogP contribution in [0, 0.1) is 11.3 Å². The second-order valence-electron chi connectivity index (χ2n) is 7.79. The van der Waals surface area contributed by atoms with Crippen LogP contribution in [0.25, 0.3) is 6.08 Å². The fraction of sp³-hybridized carbons (Fsp3) is 0.0667. The number of para-hydroxylation sites is 2. The summed E-state index contributed by atoms with van der Waals surface area (Å²) >= 11 is 0. The van der Waals surface area contributed by atoms with Gasteiger partial charge in [-0.15, -0.1) is 0 Å². The molecule has 6 heteroatoms. The number of methoxy groups -OCH3 is 2. The normalized spacial score (nSPS) is 10.8. The third-order valence-electron chi connectivity index (χ3n) is 5.50. The minimum absolute atomic E-state index is 0.0134.